The van der Waals surface area contributed by atoms with E-state index >= 15 is 0 Å². The third-order valence-electron chi connectivity index (χ3n) is 7.68. The van der Waals surface area contributed by atoms with Crippen LogP contribution in [0, 0.1) is 0 Å². The summed E-state index contributed by atoms with van der Waals surface area (Å²) in [5, 5.41) is 0. The molecule has 1 aliphatic heterocycles. The van der Waals surface area contributed by atoms with E-state index in [1.807, 2.05) is 9.80 Å². The maximum Gasteiger partial charge on any atom is 0.253 e. The molecule has 0 saturated carbocycles. The Morgan fingerprint density at radius 3 is 0.842 bits per heavy atom. The Balaban J connectivity index is 1.82. The van der Waals surface area contributed by atoms with Gasteiger partial charge in [0.2, 0.25) is 0 Å². The highest BCUT2D eigenvalue weighted by Gasteiger charge is 2.29. The Labute approximate surface area is 231 Å². The van der Waals surface area contributed by atoms with Crippen molar-refractivity contribution >= 4 is 11.8 Å². The summed E-state index contributed by atoms with van der Waals surface area (Å²) in [7, 11) is 0. The van der Waals surface area contributed by atoms with Crippen molar-refractivity contribution in [1.29, 1.82) is 0 Å². The fourth-order valence-electron chi connectivity index (χ4n) is 4.71. The molecule has 0 N–H and O–H groups in total. The van der Waals surface area contributed by atoms with Gasteiger partial charge in [-0.2, -0.15) is 0 Å². The van der Waals surface area contributed by atoms with Crippen LogP contribution in [0.2, 0.25) is 0 Å². The number of carbonyl (C=O) groups excluding carboxylic acids is 2. The maximum absolute atomic E-state index is 13.6. The fraction of sp³-hybridized carbons (Fsp3) is 0.588. The van der Waals surface area contributed by atoms with E-state index in [2.05, 4.69) is 119 Å². The van der Waals surface area contributed by atoms with Crippen molar-refractivity contribution in [1.82, 2.24) is 9.80 Å². The number of piperazine rings is 1. The molecule has 38 heavy (non-hydrogen) atoms. The number of carbonyl (C=O) groups is 2. The van der Waals surface area contributed by atoms with Crippen LogP contribution in [-0.4, -0.2) is 47.8 Å². The molecular formula is C34H50N2O2. The van der Waals surface area contributed by atoms with Crippen molar-refractivity contribution in [3.8, 4) is 0 Å². The van der Waals surface area contributed by atoms with Crippen LogP contribution in [0.4, 0.5) is 0 Å². The minimum atomic E-state index is -0.0467. The molecule has 4 nitrogen and oxygen atoms in total. The van der Waals surface area contributed by atoms with Crippen LogP contribution >= 0.6 is 0 Å². The number of rotatable bonds is 2. The zero-order valence-corrected chi connectivity index (χ0v) is 26.0. The molecule has 0 atom stereocenters. The molecule has 0 radical (unpaired) electrons. The van der Waals surface area contributed by atoms with Gasteiger partial charge in [0.25, 0.3) is 11.8 Å². The molecule has 4 heteroatoms. The smallest absolute Gasteiger partial charge is 0.253 e. The monoisotopic (exact) mass is 518 g/mol. The zero-order chi connectivity index (χ0) is 28.8. The molecule has 0 aromatic heterocycles. The van der Waals surface area contributed by atoms with Gasteiger partial charge < -0.3 is 9.80 Å². The predicted molar refractivity (Wildman–Crippen MR) is 159 cm³/mol. The van der Waals surface area contributed by atoms with E-state index in [1.54, 1.807) is 0 Å². The van der Waals surface area contributed by atoms with Gasteiger partial charge in [0.1, 0.15) is 0 Å². The quantitative estimate of drug-likeness (QED) is 0.414. The lowest BCUT2D eigenvalue weighted by atomic mass is 9.79. The lowest BCUT2D eigenvalue weighted by molar-refractivity contribution is 0.0535. The lowest BCUT2D eigenvalue weighted by Gasteiger charge is -2.36. The Morgan fingerprint density at radius 2 is 0.658 bits per heavy atom. The first-order chi connectivity index (χ1) is 17.2. The number of hydrogen-bond donors (Lipinski definition) is 0. The van der Waals surface area contributed by atoms with Gasteiger partial charge in [-0.1, -0.05) is 95.2 Å². The summed E-state index contributed by atoms with van der Waals surface area (Å²) in [5.74, 6) is 0.108. The van der Waals surface area contributed by atoms with Crippen molar-refractivity contribution in [2.45, 2.75) is 105 Å². The van der Waals surface area contributed by atoms with Gasteiger partial charge >= 0.3 is 0 Å². The second-order valence-electron chi connectivity index (χ2n) is 15.2. The predicted octanol–water partition coefficient (Wildman–Crippen LogP) is 7.47. The first kappa shape index (κ1) is 29.9. The van der Waals surface area contributed by atoms with Crippen LogP contribution < -0.4 is 0 Å². The molecule has 1 aliphatic rings. The molecule has 0 bridgehead atoms. The summed E-state index contributed by atoms with van der Waals surface area (Å²) in [6.07, 6.45) is 0. The van der Waals surface area contributed by atoms with Gasteiger partial charge in [0.15, 0.2) is 0 Å². The number of amides is 2. The topological polar surface area (TPSA) is 40.6 Å². The average molecular weight is 519 g/mol. The normalized spacial score (nSPS) is 15.6. The highest BCUT2D eigenvalue weighted by molar-refractivity contribution is 5.96. The lowest BCUT2D eigenvalue weighted by Crippen LogP contribution is -2.50. The first-order valence-electron chi connectivity index (χ1n) is 14.1. The van der Waals surface area contributed by atoms with Gasteiger partial charge in [-0.25, -0.2) is 0 Å². The molecule has 2 amide bonds. The average Bonchev–Trinajstić information content (AvgIpc) is 2.80. The van der Waals surface area contributed by atoms with Gasteiger partial charge in [-0.3, -0.25) is 9.59 Å². The van der Waals surface area contributed by atoms with Gasteiger partial charge in [-0.15, -0.1) is 0 Å². The summed E-state index contributed by atoms with van der Waals surface area (Å²) < 4.78 is 0. The molecule has 1 fully saturated rings. The van der Waals surface area contributed by atoms with E-state index in [0.29, 0.717) is 26.2 Å². The maximum atomic E-state index is 13.6. The van der Waals surface area contributed by atoms with Gasteiger partial charge in [-0.05, 0) is 68.2 Å². The minimum absolute atomic E-state index is 0.0467. The highest BCUT2D eigenvalue weighted by Crippen LogP contribution is 2.32. The first-order valence-corrected chi connectivity index (χ1v) is 14.1. The van der Waals surface area contributed by atoms with Crippen molar-refractivity contribution in [3.05, 3.63) is 69.8 Å². The Kier molecular flexibility index (Phi) is 8.01. The SMILES string of the molecule is CC(C)(C)c1cc(C(=O)N2CCN(C(=O)c3cc(C(C)(C)C)cc(C(C)(C)C)c3)CC2)cc(C(C)(C)C)c1. The zero-order valence-electron chi connectivity index (χ0n) is 26.0. The molecule has 208 valence electrons. The standard InChI is InChI=1S/C34H50N2O2/c1-31(2,3)25-17-23(18-26(21-25)32(4,5)6)29(37)35-13-15-36(16-14-35)30(38)24-19-27(33(7,8)9)22-28(20-24)34(10,11)12/h17-22H,13-16H2,1-12H3. The molecule has 2 aromatic carbocycles. The van der Waals surface area contributed by atoms with Crippen molar-refractivity contribution in [3.63, 3.8) is 0 Å². The molecule has 2 aromatic rings. The van der Waals surface area contributed by atoms with Crippen LogP contribution in [0.3, 0.4) is 0 Å². The minimum Gasteiger partial charge on any atom is -0.335 e. The molecule has 0 aliphatic carbocycles. The third-order valence-corrected chi connectivity index (χ3v) is 7.68. The van der Waals surface area contributed by atoms with Crippen LogP contribution in [0.25, 0.3) is 0 Å². The molecule has 1 heterocycles. The van der Waals surface area contributed by atoms with E-state index in [1.165, 1.54) is 22.3 Å². The highest BCUT2D eigenvalue weighted by atomic mass is 16.2. The number of hydrogen-bond acceptors (Lipinski definition) is 2. The van der Waals surface area contributed by atoms with Gasteiger partial charge in [0.05, 0.1) is 0 Å². The van der Waals surface area contributed by atoms with Crippen molar-refractivity contribution in [2.75, 3.05) is 26.2 Å². The second kappa shape index (κ2) is 10.2. The second-order valence-corrected chi connectivity index (χ2v) is 15.2. The van der Waals surface area contributed by atoms with Crippen LogP contribution in [0.5, 0.6) is 0 Å². The van der Waals surface area contributed by atoms with E-state index in [0.717, 1.165) is 11.1 Å². The molecule has 1 saturated heterocycles. The van der Waals surface area contributed by atoms with E-state index in [-0.39, 0.29) is 33.5 Å². The number of nitrogens with zero attached hydrogens (tertiary/aromatic N) is 2. The van der Waals surface area contributed by atoms with Crippen molar-refractivity contribution < 1.29 is 9.59 Å². The molecule has 0 unspecified atom stereocenters. The Bertz CT molecular complexity index is 1030. The van der Waals surface area contributed by atoms with E-state index in [4.69, 9.17) is 0 Å². The molecule has 3 rings (SSSR count). The Morgan fingerprint density at radius 1 is 0.447 bits per heavy atom. The largest absolute Gasteiger partial charge is 0.335 e. The van der Waals surface area contributed by atoms with E-state index in [9.17, 15) is 9.59 Å². The Hall–Kier alpha value is -2.62. The van der Waals surface area contributed by atoms with Gasteiger partial charge in [0, 0.05) is 37.3 Å². The number of benzene rings is 2. The van der Waals surface area contributed by atoms with Crippen LogP contribution in [0.15, 0.2) is 36.4 Å². The summed E-state index contributed by atoms with van der Waals surface area (Å²) in [5.41, 5.74) is 6.01. The van der Waals surface area contributed by atoms with E-state index < -0.39 is 0 Å². The van der Waals surface area contributed by atoms with Crippen molar-refractivity contribution in [2.24, 2.45) is 0 Å². The molecule has 0 spiro atoms. The molecular weight excluding hydrogens is 468 g/mol. The summed E-state index contributed by atoms with van der Waals surface area (Å²) in [6, 6.07) is 12.7. The van der Waals surface area contributed by atoms with Crippen LogP contribution in [-0.2, 0) is 21.7 Å². The van der Waals surface area contributed by atoms with Crippen LogP contribution in [0.1, 0.15) is 126 Å². The summed E-state index contributed by atoms with van der Waals surface area (Å²) >= 11 is 0. The summed E-state index contributed by atoms with van der Waals surface area (Å²) in [4.78, 5) is 31.1. The summed E-state index contributed by atoms with van der Waals surface area (Å²) in [6.45, 7) is 28.4. The fourth-order valence-corrected chi connectivity index (χ4v) is 4.71. The third kappa shape index (κ3) is 6.87.